The molecular formula is C28H40N2O3S. The van der Waals surface area contributed by atoms with Crippen LogP contribution in [0.4, 0.5) is 5.69 Å². The van der Waals surface area contributed by atoms with Crippen molar-refractivity contribution in [3.63, 3.8) is 0 Å². The molecule has 2 rings (SSSR count). The predicted molar refractivity (Wildman–Crippen MR) is 142 cm³/mol. The zero-order valence-electron chi connectivity index (χ0n) is 20.5. The van der Waals surface area contributed by atoms with Crippen LogP contribution in [-0.4, -0.2) is 20.9 Å². The lowest BCUT2D eigenvalue weighted by Crippen LogP contribution is -2.31. The Morgan fingerprint density at radius 1 is 0.765 bits per heavy atom. The Morgan fingerprint density at radius 2 is 1.35 bits per heavy atom. The topological polar surface area (TPSA) is 75.3 Å². The van der Waals surface area contributed by atoms with E-state index in [1.54, 1.807) is 36.4 Å². The van der Waals surface area contributed by atoms with Gasteiger partial charge in [0.25, 0.3) is 15.9 Å². The summed E-state index contributed by atoms with van der Waals surface area (Å²) < 4.78 is 27.1. The Kier molecular flexibility index (Phi) is 13.1. The van der Waals surface area contributed by atoms with Gasteiger partial charge in [0.1, 0.15) is 0 Å². The van der Waals surface area contributed by atoms with E-state index in [4.69, 9.17) is 0 Å². The van der Waals surface area contributed by atoms with Crippen molar-refractivity contribution in [2.45, 2.75) is 82.4 Å². The van der Waals surface area contributed by atoms with E-state index >= 15 is 0 Å². The molecule has 0 aliphatic rings. The van der Waals surface area contributed by atoms with Crippen LogP contribution in [0.15, 0.2) is 71.6 Å². The number of carbonyl (C=O) groups is 1. The second kappa shape index (κ2) is 16.1. The molecule has 0 radical (unpaired) electrons. The van der Waals surface area contributed by atoms with E-state index in [-0.39, 0.29) is 4.90 Å². The number of para-hydroxylation sites is 1. The average molecular weight is 485 g/mol. The second-order valence-corrected chi connectivity index (χ2v) is 10.3. The number of carbonyl (C=O) groups excluding carboxylic acids is 1. The zero-order chi connectivity index (χ0) is 24.5. The number of nitrogens with one attached hydrogen (secondary N) is 2. The number of sulfonamides is 1. The first-order valence-corrected chi connectivity index (χ1v) is 14.1. The van der Waals surface area contributed by atoms with E-state index in [2.05, 4.69) is 29.1 Å². The van der Waals surface area contributed by atoms with Crippen molar-refractivity contribution in [3.05, 3.63) is 72.3 Å². The summed E-state index contributed by atoms with van der Waals surface area (Å²) in [5.74, 6) is -0.641. The third kappa shape index (κ3) is 10.6. The van der Waals surface area contributed by atoms with Gasteiger partial charge in [0.2, 0.25) is 0 Å². The lowest BCUT2D eigenvalue weighted by atomic mass is 10.1. The van der Waals surface area contributed by atoms with E-state index < -0.39 is 15.9 Å². The molecule has 34 heavy (non-hydrogen) atoms. The largest absolute Gasteiger partial charge is 0.384 e. The van der Waals surface area contributed by atoms with Gasteiger partial charge in [0.05, 0.1) is 10.5 Å². The fraction of sp³-hybridized carbons (Fsp3) is 0.464. The minimum Gasteiger partial charge on any atom is -0.384 e. The summed E-state index contributed by atoms with van der Waals surface area (Å²) >= 11 is 0. The molecule has 5 nitrogen and oxygen atoms in total. The molecule has 0 aliphatic heterocycles. The molecule has 6 heteroatoms. The van der Waals surface area contributed by atoms with Crippen LogP contribution in [0.3, 0.4) is 0 Å². The molecule has 2 aromatic carbocycles. The van der Waals surface area contributed by atoms with Gasteiger partial charge in [-0.15, -0.1) is 0 Å². The molecule has 0 aliphatic carbocycles. The van der Waals surface area contributed by atoms with Gasteiger partial charge < -0.3 is 5.32 Å². The summed E-state index contributed by atoms with van der Waals surface area (Å²) in [4.78, 5) is 12.7. The monoisotopic (exact) mass is 484 g/mol. The highest BCUT2D eigenvalue weighted by Gasteiger charge is 2.20. The van der Waals surface area contributed by atoms with Crippen LogP contribution in [0.25, 0.3) is 0 Å². The highest BCUT2D eigenvalue weighted by molar-refractivity contribution is 7.90. The third-order valence-electron chi connectivity index (χ3n) is 5.71. The first kappa shape index (κ1) is 27.6. The Labute approximate surface area is 206 Å². The molecule has 0 fully saturated rings. The maximum absolute atomic E-state index is 12.7. The maximum Gasteiger partial charge on any atom is 0.267 e. The molecule has 0 heterocycles. The first-order valence-electron chi connectivity index (χ1n) is 12.6. The smallest absolute Gasteiger partial charge is 0.267 e. The Morgan fingerprint density at radius 3 is 2.06 bits per heavy atom. The molecule has 1 amide bonds. The normalized spacial score (nSPS) is 11.6. The van der Waals surface area contributed by atoms with E-state index in [9.17, 15) is 13.2 Å². The van der Waals surface area contributed by atoms with Gasteiger partial charge in [-0.2, -0.15) is 0 Å². The minimum atomic E-state index is -3.91. The molecule has 0 bridgehead atoms. The number of hydrogen-bond donors (Lipinski definition) is 2. The van der Waals surface area contributed by atoms with Crippen LogP contribution < -0.4 is 10.0 Å². The van der Waals surface area contributed by atoms with E-state index in [0.717, 1.165) is 19.3 Å². The summed E-state index contributed by atoms with van der Waals surface area (Å²) in [6.45, 7) is 2.96. The van der Waals surface area contributed by atoms with Crippen molar-refractivity contribution < 1.29 is 13.2 Å². The van der Waals surface area contributed by atoms with Crippen molar-refractivity contribution >= 4 is 21.6 Å². The lowest BCUT2D eigenvalue weighted by Gasteiger charge is -2.12. The Bertz CT molecular complexity index is 972. The van der Waals surface area contributed by atoms with Crippen LogP contribution in [0, 0.1) is 0 Å². The van der Waals surface area contributed by atoms with Crippen LogP contribution in [0.5, 0.6) is 0 Å². The predicted octanol–water partition coefficient (Wildman–Crippen LogP) is 7.08. The number of unbranched alkanes of at least 4 members (excludes halogenated alkanes) is 9. The lowest BCUT2D eigenvalue weighted by molar-refractivity contribution is 0.0982. The van der Waals surface area contributed by atoms with Crippen LogP contribution >= 0.6 is 0 Å². The molecule has 0 atom stereocenters. The Hall–Kier alpha value is -2.60. The van der Waals surface area contributed by atoms with Crippen LogP contribution in [0.2, 0.25) is 0 Å². The standard InChI is InChI=1S/C28H40N2O3S/c1-2-3-4-5-6-7-8-9-10-11-12-13-19-24-29-27-23-18-17-22-26(27)28(31)30-34(32,33)25-20-15-14-16-21-25/h11-12,14-18,20-23,29H,2-10,13,19,24H2,1H3,(H,30,31). The van der Waals surface area contributed by atoms with Crippen molar-refractivity contribution in [1.82, 2.24) is 4.72 Å². The van der Waals surface area contributed by atoms with Gasteiger partial charge >= 0.3 is 0 Å². The minimum absolute atomic E-state index is 0.0625. The summed E-state index contributed by atoms with van der Waals surface area (Å²) in [7, 11) is -3.91. The summed E-state index contributed by atoms with van der Waals surface area (Å²) in [6, 6.07) is 14.9. The van der Waals surface area contributed by atoms with Crippen molar-refractivity contribution in [1.29, 1.82) is 0 Å². The van der Waals surface area contributed by atoms with Crippen LogP contribution in [-0.2, 0) is 10.0 Å². The summed E-state index contributed by atoms with van der Waals surface area (Å²) in [5, 5.41) is 3.27. The van der Waals surface area contributed by atoms with E-state index in [0.29, 0.717) is 17.8 Å². The number of allylic oxidation sites excluding steroid dienone is 2. The second-order valence-electron chi connectivity index (χ2n) is 8.60. The van der Waals surface area contributed by atoms with Crippen molar-refractivity contribution in [2.24, 2.45) is 0 Å². The Balaban J connectivity index is 1.68. The molecule has 0 aromatic heterocycles. The van der Waals surface area contributed by atoms with Gasteiger partial charge in [-0.25, -0.2) is 13.1 Å². The number of rotatable bonds is 17. The van der Waals surface area contributed by atoms with Gasteiger partial charge in [-0.05, 0) is 49.9 Å². The number of amides is 1. The maximum atomic E-state index is 12.7. The highest BCUT2D eigenvalue weighted by Crippen LogP contribution is 2.17. The van der Waals surface area contributed by atoms with Crippen molar-refractivity contribution in [3.8, 4) is 0 Å². The van der Waals surface area contributed by atoms with Gasteiger partial charge in [0, 0.05) is 12.2 Å². The average Bonchev–Trinajstić information content (AvgIpc) is 2.85. The third-order valence-corrected chi connectivity index (χ3v) is 7.05. The molecule has 186 valence electrons. The fourth-order valence-corrected chi connectivity index (χ4v) is 4.73. The molecule has 2 aromatic rings. The van der Waals surface area contributed by atoms with Gasteiger partial charge in [0.15, 0.2) is 0 Å². The molecule has 0 saturated carbocycles. The van der Waals surface area contributed by atoms with Gasteiger partial charge in [-0.3, -0.25) is 4.79 Å². The van der Waals surface area contributed by atoms with E-state index in [1.165, 1.54) is 63.5 Å². The van der Waals surface area contributed by atoms with Gasteiger partial charge in [-0.1, -0.05) is 94.4 Å². The number of anilines is 1. The number of benzene rings is 2. The first-order chi connectivity index (χ1) is 16.5. The molecule has 0 spiro atoms. The SMILES string of the molecule is CCCCCCCCCCC=CCCCNc1ccccc1C(=O)NS(=O)(=O)c1ccccc1. The van der Waals surface area contributed by atoms with Crippen LogP contribution in [0.1, 0.15) is 87.9 Å². The zero-order valence-corrected chi connectivity index (χ0v) is 21.3. The molecule has 0 unspecified atom stereocenters. The molecular weight excluding hydrogens is 444 g/mol. The van der Waals surface area contributed by atoms with Crippen molar-refractivity contribution in [2.75, 3.05) is 11.9 Å². The summed E-state index contributed by atoms with van der Waals surface area (Å²) in [6.07, 6.45) is 18.3. The van der Waals surface area contributed by atoms with E-state index in [1.807, 2.05) is 6.07 Å². The molecule has 0 saturated heterocycles. The summed E-state index contributed by atoms with van der Waals surface area (Å²) in [5.41, 5.74) is 0.943. The quantitative estimate of drug-likeness (QED) is 0.186. The number of hydrogen-bond acceptors (Lipinski definition) is 4. The molecule has 2 N–H and O–H groups in total. The fourth-order valence-electron chi connectivity index (χ4n) is 3.75. The highest BCUT2D eigenvalue weighted by atomic mass is 32.2.